The SMILES string of the molecule is O=C(Nc1ccc(N2CCCCC2=O)cc1)c1cc2ccccc2oc1=O. The quantitative estimate of drug-likeness (QED) is 0.723. The van der Waals surface area contributed by atoms with Gasteiger partial charge in [0.15, 0.2) is 0 Å². The number of benzene rings is 2. The van der Waals surface area contributed by atoms with E-state index in [4.69, 9.17) is 4.42 Å². The predicted octanol–water partition coefficient (Wildman–Crippen LogP) is 3.56. The molecule has 27 heavy (non-hydrogen) atoms. The number of rotatable bonds is 3. The third kappa shape index (κ3) is 3.46. The topological polar surface area (TPSA) is 79.6 Å². The van der Waals surface area contributed by atoms with Crippen LogP contribution in [0.3, 0.4) is 0 Å². The molecule has 1 aliphatic heterocycles. The van der Waals surface area contributed by atoms with Crippen LogP contribution in [0.5, 0.6) is 0 Å². The Labute approximate surface area is 155 Å². The highest BCUT2D eigenvalue weighted by Gasteiger charge is 2.19. The van der Waals surface area contributed by atoms with Crippen LogP contribution in [0.4, 0.5) is 11.4 Å². The second-order valence-electron chi connectivity index (χ2n) is 6.49. The van der Waals surface area contributed by atoms with Crippen LogP contribution in [-0.4, -0.2) is 18.4 Å². The van der Waals surface area contributed by atoms with Gasteiger partial charge in [0.2, 0.25) is 5.91 Å². The lowest BCUT2D eigenvalue weighted by atomic mass is 10.1. The van der Waals surface area contributed by atoms with Crippen molar-refractivity contribution in [1.29, 1.82) is 0 Å². The predicted molar refractivity (Wildman–Crippen MR) is 103 cm³/mol. The summed E-state index contributed by atoms with van der Waals surface area (Å²) in [6.45, 7) is 0.711. The zero-order chi connectivity index (χ0) is 18.8. The van der Waals surface area contributed by atoms with E-state index in [1.807, 2.05) is 6.07 Å². The summed E-state index contributed by atoms with van der Waals surface area (Å²) in [4.78, 5) is 38.3. The highest BCUT2D eigenvalue weighted by Crippen LogP contribution is 2.23. The van der Waals surface area contributed by atoms with Crippen molar-refractivity contribution in [3.05, 3.63) is 70.6 Å². The molecule has 4 rings (SSSR count). The number of amides is 2. The molecule has 0 atom stereocenters. The van der Waals surface area contributed by atoms with Crippen LogP contribution in [0.15, 0.2) is 63.8 Å². The first-order valence-electron chi connectivity index (χ1n) is 8.86. The number of piperidine rings is 1. The summed E-state index contributed by atoms with van der Waals surface area (Å²) in [6.07, 6.45) is 2.48. The lowest BCUT2D eigenvalue weighted by Gasteiger charge is -2.26. The molecule has 1 N–H and O–H groups in total. The van der Waals surface area contributed by atoms with Crippen molar-refractivity contribution in [3.63, 3.8) is 0 Å². The van der Waals surface area contributed by atoms with Gasteiger partial charge in [-0.05, 0) is 49.2 Å². The molecule has 0 saturated carbocycles. The average Bonchev–Trinajstić information content (AvgIpc) is 2.68. The maximum atomic E-state index is 12.5. The van der Waals surface area contributed by atoms with Gasteiger partial charge in [-0.1, -0.05) is 18.2 Å². The van der Waals surface area contributed by atoms with Crippen LogP contribution in [0.2, 0.25) is 0 Å². The van der Waals surface area contributed by atoms with Gasteiger partial charge in [-0.2, -0.15) is 0 Å². The normalized spacial score (nSPS) is 14.4. The number of hydrogen-bond acceptors (Lipinski definition) is 4. The van der Waals surface area contributed by atoms with Gasteiger partial charge in [0.1, 0.15) is 11.1 Å². The number of carbonyl (C=O) groups is 2. The lowest BCUT2D eigenvalue weighted by Crippen LogP contribution is -2.35. The minimum atomic E-state index is -0.679. The first kappa shape index (κ1) is 17.0. The molecule has 1 saturated heterocycles. The number of fused-ring (bicyclic) bond motifs is 1. The monoisotopic (exact) mass is 362 g/mol. The van der Waals surface area contributed by atoms with E-state index in [1.165, 1.54) is 6.07 Å². The lowest BCUT2D eigenvalue weighted by molar-refractivity contribution is -0.119. The van der Waals surface area contributed by atoms with Gasteiger partial charge in [-0.15, -0.1) is 0 Å². The Kier molecular flexibility index (Phi) is 4.46. The number of anilines is 2. The molecule has 0 bridgehead atoms. The van der Waals surface area contributed by atoms with E-state index >= 15 is 0 Å². The molecule has 2 aromatic carbocycles. The summed E-state index contributed by atoms with van der Waals surface area (Å²) in [7, 11) is 0. The van der Waals surface area contributed by atoms with Gasteiger partial charge >= 0.3 is 5.63 Å². The van der Waals surface area contributed by atoms with Crippen LogP contribution in [0.25, 0.3) is 11.0 Å². The minimum Gasteiger partial charge on any atom is -0.422 e. The molecule has 3 aromatic rings. The molecular formula is C21H18N2O4. The van der Waals surface area contributed by atoms with E-state index < -0.39 is 11.5 Å². The van der Waals surface area contributed by atoms with Crippen molar-refractivity contribution in [2.24, 2.45) is 0 Å². The summed E-state index contributed by atoms with van der Waals surface area (Å²) in [5, 5.41) is 3.38. The van der Waals surface area contributed by atoms with Gasteiger partial charge in [-0.25, -0.2) is 4.79 Å². The minimum absolute atomic E-state index is 0.0519. The van der Waals surface area contributed by atoms with Crippen LogP contribution in [-0.2, 0) is 4.79 Å². The first-order valence-corrected chi connectivity index (χ1v) is 8.86. The Balaban J connectivity index is 1.54. The fraction of sp³-hybridized carbons (Fsp3) is 0.190. The molecule has 6 nitrogen and oxygen atoms in total. The van der Waals surface area contributed by atoms with Crippen molar-refractivity contribution < 1.29 is 14.0 Å². The summed E-state index contributed by atoms with van der Waals surface area (Å²) >= 11 is 0. The van der Waals surface area contributed by atoms with Crippen LogP contribution < -0.4 is 15.8 Å². The number of carbonyl (C=O) groups excluding carboxylic acids is 2. The van der Waals surface area contributed by atoms with Crippen molar-refractivity contribution in [1.82, 2.24) is 0 Å². The van der Waals surface area contributed by atoms with Gasteiger partial charge < -0.3 is 14.6 Å². The van der Waals surface area contributed by atoms with Crippen molar-refractivity contribution in [3.8, 4) is 0 Å². The Morgan fingerprint density at radius 3 is 2.56 bits per heavy atom. The summed E-state index contributed by atoms with van der Waals surface area (Å²) in [5.74, 6) is -0.414. The second kappa shape index (κ2) is 7.07. The molecule has 2 heterocycles. The van der Waals surface area contributed by atoms with Gasteiger partial charge in [0.25, 0.3) is 5.91 Å². The molecule has 0 aliphatic carbocycles. The Morgan fingerprint density at radius 2 is 1.78 bits per heavy atom. The number of nitrogens with zero attached hydrogens (tertiary/aromatic N) is 1. The highest BCUT2D eigenvalue weighted by molar-refractivity contribution is 6.05. The maximum absolute atomic E-state index is 12.5. The molecule has 136 valence electrons. The van der Waals surface area contributed by atoms with E-state index in [2.05, 4.69) is 5.32 Å². The number of hydrogen-bond donors (Lipinski definition) is 1. The van der Waals surface area contributed by atoms with Crippen LogP contribution in [0, 0.1) is 0 Å². The van der Waals surface area contributed by atoms with Gasteiger partial charge in [-0.3, -0.25) is 9.59 Å². The Bertz CT molecular complexity index is 1070. The second-order valence-corrected chi connectivity index (χ2v) is 6.49. The van der Waals surface area contributed by atoms with Gasteiger partial charge in [0.05, 0.1) is 0 Å². The smallest absolute Gasteiger partial charge is 0.349 e. The summed E-state index contributed by atoms with van der Waals surface area (Å²) in [5.41, 5.74) is 1.06. The van der Waals surface area contributed by atoms with E-state index in [9.17, 15) is 14.4 Å². The zero-order valence-electron chi connectivity index (χ0n) is 14.6. The summed E-state index contributed by atoms with van der Waals surface area (Å²) in [6, 6.07) is 15.6. The van der Waals surface area contributed by atoms with Crippen molar-refractivity contribution in [2.75, 3.05) is 16.8 Å². The fourth-order valence-corrected chi connectivity index (χ4v) is 3.22. The van der Waals surface area contributed by atoms with Crippen LogP contribution >= 0.6 is 0 Å². The van der Waals surface area contributed by atoms with Gasteiger partial charge in [0, 0.05) is 29.7 Å². The molecule has 6 heteroatoms. The molecule has 1 fully saturated rings. The average molecular weight is 362 g/mol. The van der Waals surface area contributed by atoms with E-state index in [1.54, 1.807) is 47.4 Å². The van der Waals surface area contributed by atoms with Crippen LogP contribution in [0.1, 0.15) is 29.6 Å². The number of nitrogens with one attached hydrogen (secondary N) is 1. The Hall–Kier alpha value is -3.41. The van der Waals surface area contributed by atoms with Crippen molar-refractivity contribution >= 4 is 34.2 Å². The van der Waals surface area contributed by atoms with Crippen molar-refractivity contribution in [2.45, 2.75) is 19.3 Å². The molecule has 1 aromatic heterocycles. The molecule has 0 spiro atoms. The molecule has 0 unspecified atom stereocenters. The molecule has 1 aliphatic rings. The van der Waals surface area contributed by atoms with E-state index in [0.29, 0.717) is 29.6 Å². The highest BCUT2D eigenvalue weighted by atomic mass is 16.4. The third-order valence-electron chi connectivity index (χ3n) is 4.65. The molecular weight excluding hydrogens is 344 g/mol. The Morgan fingerprint density at radius 1 is 1.00 bits per heavy atom. The third-order valence-corrected chi connectivity index (χ3v) is 4.65. The standard InChI is InChI=1S/C21H18N2O4/c24-19-7-3-4-12-23(19)16-10-8-15(9-11-16)22-20(25)17-13-14-5-1-2-6-18(14)27-21(17)26/h1-2,5-6,8-11,13H,3-4,7,12H2,(H,22,25). The molecule has 0 radical (unpaired) electrons. The zero-order valence-corrected chi connectivity index (χ0v) is 14.6. The van der Waals surface area contributed by atoms with E-state index in [0.717, 1.165) is 18.5 Å². The molecule has 2 amide bonds. The first-order chi connectivity index (χ1) is 13.1. The largest absolute Gasteiger partial charge is 0.422 e. The number of para-hydroxylation sites is 1. The van der Waals surface area contributed by atoms with E-state index in [-0.39, 0.29) is 11.5 Å². The maximum Gasteiger partial charge on any atom is 0.349 e. The summed E-state index contributed by atoms with van der Waals surface area (Å²) < 4.78 is 5.20. The fourth-order valence-electron chi connectivity index (χ4n) is 3.22.